The Labute approximate surface area is 143 Å². The van der Waals surface area contributed by atoms with Crippen molar-refractivity contribution in [2.75, 3.05) is 13.6 Å². The SMILES string of the molecule is CCCCN(C(=O)Cc1ccc(C)c(N=S(=O)=O)c1)C(=S)NC. The first-order valence-corrected chi connectivity index (χ1v) is 8.75. The predicted octanol–water partition coefficient (Wildman–Crippen LogP) is 2.36. The molecule has 0 bridgehead atoms. The molecule has 6 nitrogen and oxygen atoms in total. The first-order chi connectivity index (χ1) is 10.9. The lowest BCUT2D eigenvalue weighted by atomic mass is 10.1. The molecule has 126 valence electrons. The second kappa shape index (κ2) is 9.36. The Hall–Kier alpha value is -1.80. The fraction of sp³-hybridized carbons (Fsp3) is 0.467. The van der Waals surface area contributed by atoms with Gasteiger partial charge in [0.25, 0.3) is 0 Å². The Morgan fingerprint density at radius 2 is 2.09 bits per heavy atom. The Morgan fingerprint density at radius 3 is 2.65 bits per heavy atom. The van der Waals surface area contributed by atoms with Crippen molar-refractivity contribution in [2.24, 2.45) is 4.36 Å². The third kappa shape index (κ3) is 6.07. The second-order valence-electron chi connectivity index (χ2n) is 5.06. The number of rotatable bonds is 6. The number of aryl methyl sites for hydroxylation is 1. The van der Waals surface area contributed by atoms with Gasteiger partial charge in [-0.3, -0.25) is 9.69 Å². The van der Waals surface area contributed by atoms with E-state index in [1.54, 1.807) is 37.1 Å². The van der Waals surface area contributed by atoms with Crippen LogP contribution >= 0.6 is 12.2 Å². The van der Waals surface area contributed by atoms with Crippen LogP contribution in [0, 0.1) is 6.92 Å². The summed E-state index contributed by atoms with van der Waals surface area (Å²) in [5.74, 6) is -0.129. The Bertz CT molecular complexity index is 707. The molecule has 0 spiro atoms. The van der Waals surface area contributed by atoms with Crippen LogP contribution in [0.1, 0.15) is 30.9 Å². The monoisotopic (exact) mass is 355 g/mol. The summed E-state index contributed by atoms with van der Waals surface area (Å²) in [6.07, 6.45) is 1.95. The Balaban J connectivity index is 2.98. The van der Waals surface area contributed by atoms with E-state index in [9.17, 15) is 13.2 Å². The molecule has 0 aliphatic heterocycles. The molecule has 0 unspecified atom stereocenters. The number of unbranched alkanes of at least 4 members (excludes halogenated alkanes) is 1. The zero-order chi connectivity index (χ0) is 17.4. The van der Waals surface area contributed by atoms with E-state index >= 15 is 0 Å². The molecule has 0 atom stereocenters. The first kappa shape index (κ1) is 19.2. The van der Waals surface area contributed by atoms with Crippen molar-refractivity contribution in [3.05, 3.63) is 29.3 Å². The summed E-state index contributed by atoms with van der Waals surface area (Å²) in [5, 5.41) is 3.21. The van der Waals surface area contributed by atoms with Crippen molar-refractivity contribution in [3.63, 3.8) is 0 Å². The lowest BCUT2D eigenvalue weighted by molar-refractivity contribution is -0.126. The lowest BCUT2D eigenvalue weighted by Crippen LogP contribution is -2.43. The smallest absolute Gasteiger partial charge is 0.316 e. The number of hydrogen-bond donors (Lipinski definition) is 1. The van der Waals surface area contributed by atoms with Gasteiger partial charge >= 0.3 is 10.5 Å². The van der Waals surface area contributed by atoms with Gasteiger partial charge in [-0.15, -0.1) is 4.36 Å². The van der Waals surface area contributed by atoms with Crippen LogP contribution in [0.4, 0.5) is 5.69 Å². The molecular formula is C15H21N3O3S2. The van der Waals surface area contributed by atoms with Crippen LogP contribution in [-0.2, 0) is 21.7 Å². The fourth-order valence-corrected chi connectivity index (χ4v) is 2.55. The van der Waals surface area contributed by atoms with E-state index in [-0.39, 0.29) is 12.3 Å². The lowest BCUT2D eigenvalue weighted by Gasteiger charge is -2.23. The van der Waals surface area contributed by atoms with Gasteiger partial charge in [0, 0.05) is 13.6 Å². The molecule has 1 amide bonds. The van der Waals surface area contributed by atoms with Gasteiger partial charge in [0.2, 0.25) is 5.91 Å². The van der Waals surface area contributed by atoms with Crippen LogP contribution in [0.5, 0.6) is 0 Å². The van der Waals surface area contributed by atoms with E-state index in [1.165, 1.54) is 0 Å². The molecule has 0 saturated carbocycles. The van der Waals surface area contributed by atoms with Crippen LogP contribution in [0.2, 0.25) is 0 Å². The highest BCUT2D eigenvalue weighted by Gasteiger charge is 2.17. The van der Waals surface area contributed by atoms with E-state index in [1.807, 2.05) is 6.92 Å². The van der Waals surface area contributed by atoms with Gasteiger partial charge in [-0.05, 0) is 42.8 Å². The molecule has 1 N–H and O–H groups in total. The number of carbonyl (C=O) groups is 1. The third-order valence-electron chi connectivity index (χ3n) is 3.30. The van der Waals surface area contributed by atoms with E-state index in [0.717, 1.165) is 18.4 Å². The van der Waals surface area contributed by atoms with Gasteiger partial charge in [-0.25, -0.2) is 0 Å². The summed E-state index contributed by atoms with van der Waals surface area (Å²) >= 11 is 5.18. The maximum Gasteiger partial charge on any atom is 0.316 e. The Kier molecular flexibility index (Phi) is 7.84. The normalized spacial score (nSPS) is 10.0. The maximum absolute atomic E-state index is 12.5. The summed E-state index contributed by atoms with van der Waals surface area (Å²) in [4.78, 5) is 14.0. The molecule has 0 heterocycles. The number of carbonyl (C=O) groups excluding carboxylic acids is 1. The van der Waals surface area contributed by atoms with Crippen molar-refractivity contribution >= 4 is 39.4 Å². The average molecular weight is 355 g/mol. The van der Waals surface area contributed by atoms with Gasteiger partial charge < -0.3 is 5.32 Å². The van der Waals surface area contributed by atoms with Gasteiger partial charge in [-0.2, -0.15) is 8.42 Å². The summed E-state index contributed by atoms with van der Waals surface area (Å²) in [6, 6.07) is 5.16. The minimum absolute atomic E-state index is 0.129. The molecule has 1 aromatic carbocycles. The van der Waals surface area contributed by atoms with Crippen molar-refractivity contribution in [2.45, 2.75) is 33.1 Å². The molecular weight excluding hydrogens is 334 g/mol. The minimum atomic E-state index is -2.52. The minimum Gasteiger partial charge on any atom is -0.365 e. The van der Waals surface area contributed by atoms with Crippen molar-refractivity contribution in [1.82, 2.24) is 10.2 Å². The van der Waals surface area contributed by atoms with Gasteiger partial charge in [0.05, 0.1) is 12.1 Å². The average Bonchev–Trinajstić information content (AvgIpc) is 2.50. The molecule has 0 saturated heterocycles. The molecule has 1 aromatic rings. The first-order valence-electron chi connectivity index (χ1n) is 7.31. The van der Waals surface area contributed by atoms with Crippen LogP contribution in [0.25, 0.3) is 0 Å². The van der Waals surface area contributed by atoms with Gasteiger partial charge in [0.1, 0.15) is 0 Å². The molecule has 0 aliphatic carbocycles. The zero-order valence-corrected chi connectivity index (χ0v) is 15.1. The number of nitrogens with zero attached hydrogens (tertiary/aromatic N) is 2. The van der Waals surface area contributed by atoms with Gasteiger partial charge in [-0.1, -0.05) is 25.5 Å². The molecule has 23 heavy (non-hydrogen) atoms. The van der Waals surface area contributed by atoms with E-state index < -0.39 is 10.5 Å². The largest absolute Gasteiger partial charge is 0.365 e. The quantitative estimate of drug-likeness (QED) is 0.793. The highest BCUT2D eigenvalue weighted by molar-refractivity contribution is 7.80. The van der Waals surface area contributed by atoms with Crippen LogP contribution in [0.3, 0.4) is 0 Å². The van der Waals surface area contributed by atoms with Crippen molar-refractivity contribution in [1.29, 1.82) is 0 Å². The number of hydrogen-bond acceptors (Lipinski definition) is 5. The second-order valence-corrected chi connectivity index (χ2v) is 6.06. The zero-order valence-electron chi connectivity index (χ0n) is 13.5. The van der Waals surface area contributed by atoms with E-state index in [0.29, 0.717) is 22.9 Å². The van der Waals surface area contributed by atoms with Crippen molar-refractivity contribution < 1.29 is 13.2 Å². The topological polar surface area (TPSA) is 78.8 Å². The van der Waals surface area contributed by atoms with E-state index in [2.05, 4.69) is 9.68 Å². The highest BCUT2D eigenvalue weighted by Crippen LogP contribution is 2.20. The van der Waals surface area contributed by atoms with Gasteiger partial charge in [0.15, 0.2) is 5.11 Å². The number of amides is 1. The third-order valence-corrected chi connectivity index (χ3v) is 4.07. The molecule has 0 radical (unpaired) electrons. The van der Waals surface area contributed by atoms with Crippen LogP contribution < -0.4 is 5.32 Å². The van der Waals surface area contributed by atoms with Crippen LogP contribution in [0.15, 0.2) is 22.6 Å². The molecule has 0 fully saturated rings. The predicted molar refractivity (Wildman–Crippen MR) is 94.2 cm³/mol. The fourth-order valence-electron chi connectivity index (χ4n) is 2.00. The number of benzene rings is 1. The molecule has 0 aliphatic rings. The molecule has 0 aromatic heterocycles. The molecule has 1 rings (SSSR count). The van der Waals surface area contributed by atoms with E-state index in [4.69, 9.17) is 12.2 Å². The highest BCUT2D eigenvalue weighted by atomic mass is 32.2. The standard InChI is InChI=1S/C15H21N3O3S2/c1-4-5-8-18(15(22)16-3)14(19)10-12-7-6-11(2)13(9-12)17-23(20)21/h6-7,9H,4-5,8,10H2,1-3H3,(H,16,22). The number of thiocarbonyl (C=S) groups is 1. The summed E-state index contributed by atoms with van der Waals surface area (Å²) in [5.41, 5.74) is 1.78. The summed E-state index contributed by atoms with van der Waals surface area (Å²) < 4.78 is 25.0. The summed E-state index contributed by atoms with van der Waals surface area (Å²) in [6.45, 7) is 4.37. The van der Waals surface area contributed by atoms with Crippen molar-refractivity contribution in [3.8, 4) is 0 Å². The van der Waals surface area contributed by atoms with Crippen LogP contribution in [-0.4, -0.2) is 37.9 Å². The molecule has 8 heteroatoms. The summed E-state index contributed by atoms with van der Waals surface area (Å²) in [7, 11) is -0.839. The number of nitrogens with one attached hydrogen (secondary N) is 1. The Morgan fingerprint density at radius 1 is 1.39 bits per heavy atom. The maximum atomic E-state index is 12.5.